The maximum atomic E-state index is 13.0. The van der Waals surface area contributed by atoms with Gasteiger partial charge in [0.05, 0.1) is 5.69 Å². The summed E-state index contributed by atoms with van der Waals surface area (Å²) in [6.07, 6.45) is 2.44. The summed E-state index contributed by atoms with van der Waals surface area (Å²) < 4.78 is 19.8. The van der Waals surface area contributed by atoms with E-state index >= 15 is 0 Å². The zero-order chi connectivity index (χ0) is 17.8. The number of nitrogens with zero attached hydrogens (tertiary/aromatic N) is 1. The molecule has 3 rings (SSSR count). The molecule has 0 saturated carbocycles. The molecule has 0 spiro atoms. The maximum absolute atomic E-state index is 13.0. The van der Waals surface area contributed by atoms with E-state index in [2.05, 4.69) is 5.32 Å². The van der Waals surface area contributed by atoms with E-state index in [4.69, 9.17) is 16.3 Å². The number of anilines is 1. The molecule has 6 heteroatoms. The van der Waals surface area contributed by atoms with Gasteiger partial charge in [0.2, 0.25) is 0 Å². The van der Waals surface area contributed by atoms with Crippen molar-refractivity contribution in [3.63, 3.8) is 0 Å². The molecule has 1 N–H and O–H groups in total. The van der Waals surface area contributed by atoms with E-state index in [1.54, 1.807) is 42.2 Å². The molecule has 1 aromatic heterocycles. The molecule has 2 aromatic carbocycles. The second kappa shape index (κ2) is 7.40. The smallest absolute Gasteiger partial charge is 0.408 e. The molecule has 4 nitrogen and oxygen atoms in total. The highest BCUT2D eigenvalue weighted by Crippen LogP contribution is 2.30. The van der Waals surface area contributed by atoms with Gasteiger partial charge in [-0.25, -0.2) is 9.18 Å². The SMILES string of the molecule is Cn1cc(CF)c(OC(=O)Nc2ccccc2-c2cccc(Cl)c2)c1. The van der Waals surface area contributed by atoms with Crippen LogP contribution in [0.2, 0.25) is 5.02 Å². The Morgan fingerprint density at radius 1 is 1.20 bits per heavy atom. The minimum Gasteiger partial charge on any atom is -0.408 e. The fourth-order valence-electron chi connectivity index (χ4n) is 2.54. The topological polar surface area (TPSA) is 43.3 Å². The van der Waals surface area contributed by atoms with Crippen molar-refractivity contribution in [3.05, 3.63) is 71.5 Å². The number of aryl methyl sites for hydroxylation is 1. The molecule has 0 aliphatic heterocycles. The number of alkyl halides is 1. The summed E-state index contributed by atoms with van der Waals surface area (Å²) >= 11 is 6.05. The Morgan fingerprint density at radius 3 is 2.76 bits per heavy atom. The third-order valence-electron chi connectivity index (χ3n) is 3.64. The van der Waals surface area contributed by atoms with Crippen LogP contribution in [0.5, 0.6) is 5.75 Å². The van der Waals surface area contributed by atoms with Crippen LogP contribution in [0, 0.1) is 0 Å². The van der Waals surface area contributed by atoms with Gasteiger partial charge in [-0.1, -0.05) is 41.9 Å². The molecule has 1 amide bonds. The first-order chi connectivity index (χ1) is 12.1. The first-order valence-corrected chi connectivity index (χ1v) is 7.99. The summed E-state index contributed by atoms with van der Waals surface area (Å²) in [5.74, 6) is 0.197. The minimum atomic E-state index is -0.706. The standard InChI is InChI=1S/C19H16ClFN2O2/c1-23-11-14(10-21)18(12-23)25-19(24)22-17-8-3-2-7-16(17)13-5-4-6-15(20)9-13/h2-9,11-12H,10H2,1H3,(H,22,24). The van der Waals surface area contributed by atoms with Crippen molar-refractivity contribution < 1.29 is 13.9 Å². The van der Waals surface area contributed by atoms with E-state index in [0.717, 1.165) is 11.1 Å². The molecule has 0 atom stereocenters. The van der Waals surface area contributed by atoms with Gasteiger partial charge in [0.15, 0.2) is 5.75 Å². The number of ether oxygens (including phenoxy) is 1. The molecule has 0 bridgehead atoms. The molecule has 0 unspecified atom stereocenters. The van der Waals surface area contributed by atoms with Crippen LogP contribution in [0.4, 0.5) is 14.9 Å². The molecular weight excluding hydrogens is 343 g/mol. The van der Waals surface area contributed by atoms with Crippen molar-refractivity contribution in [2.75, 3.05) is 5.32 Å². The normalized spacial score (nSPS) is 10.5. The Kier molecular flexibility index (Phi) is 5.05. The van der Waals surface area contributed by atoms with Crippen LogP contribution < -0.4 is 10.1 Å². The predicted octanol–water partition coefficient (Wildman–Crippen LogP) is 5.43. The number of para-hydroxylation sites is 1. The number of carbonyl (C=O) groups excluding carboxylic acids is 1. The predicted molar refractivity (Wildman–Crippen MR) is 96.8 cm³/mol. The van der Waals surface area contributed by atoms with Crippen LogP contribution in [0.3, 0.4) is 0 Å². The molecule has 0 aliphatic carbocycles. The molecule has 0 aliphatic rings. The van der Waals surface area contributed by atoms with Gasteiger partial charge in [-0.3, -0.25) is 5.32 Å². The van der Waals surface area contributed by atoms with Crippen LogP contribution in [-0.4, -0.2) is 10.7 Å². The Labute approximate surface area is 149 Å². The van der Waals surface area contributed by atoms with Crippen LogP contribution in [0.1, 0.15) is 5.56 Å². The quantitative estimate of drug-likeness (QED) is 0.676. The minimum absolute atomic E-state index is 0.197. The third-order valence-corrected chi connectivity index (χ3v) is 3.88. The zero-order valence-corrected chi connectivity index (χ0v) is 14.3. The van der Waals surface area contributed by atoms with Crippen LogP contribution >= 0.6 is 11.6 Å². The van der Waals surface area contributed by atoms with E-state index in [1.165, 1.54) is 0 Å². The average molecular weight is 359 g/mol. The molecule has 0 saturated heterocycles. The average Bonchev–Trinajstić information content (AvgIpc) is 2.94. The number of nitrogens with one attached hydrogen (secondary N) is 1. The first-order valence-electron chi connectivity index (χ1n) is 7.61. The van der Waals surface area contributed by atoms with Crippen molar-refractivity contribution in [2.24, 2.45) is 7.05 Å². The highest BCUT2D eigenvalue weighted by atomic mass is 35.5. The number of aromatic nitrogens is 1. The molecule has 128 valence electrons. The number of benzene rings is 2. The van der Waals surface area contributed by atoms with E-state index < -0.39 is 12.8 Å². The van der Waals surface area contributed by atoms with Gasteiger partial charge in [0, 0.05) is 35.6 Å². The zero-order valence-electron chi connectivity index (χ0n) is 13.5. The Morgan fingerprint density at radius 2 is 2.00 bits per heavy atom. The lowest BCUT2D eigenvalue weighted by Gasteiger charge is -2.11. The molecule has 0 radical (unpaired) electrons. The summed E-state index contributed by atoms with van der Waals surface area (Å²) in [4.78, 5) is 12.2. The summed E-state index contributed by atoms with van der Waals surface area (Å²) in [6, 6.07) is 14.6. The van der Waals surface area contributed by atoms with Gasteiger partial charge >= 0.3 is 6.09 Å². The summed E-state index contributed by atoms with van der Waals surface area (Å²) in [5.41, 5.74) is 2.57. The lowest BCUT2D eigenvalue weighted by atomic mass is 10.0. The highest BCUT2D eigenvalue weighted by molar-refractivity contribution is 6.30. The van der Waals surface area contributed by atoms with Crippen molar-refractivity contribution in [1.82, 2.24) is 4.57 Å². The van der Waals surface area contributed by atoms with Gasteiger partial charge in [-0.15, -0.1) is 0 Å². The monoisotopic (exact) mass is 358 g/mol. The number of rotatable bonds is 4. The first kappa shape index (κ1) is 17.0. The van der Waals surface area contributed by atoms with E-state index in [0.29, 0.717) is 16.3 Å². The van der Waals surface area contributed by atoms with Gasteiger partial charge in [-0.2, -0.15) is 0 Å². The van der Waals surface area contributed by atoms with Crippen molar-refractivity contribution >= 4 is 23.4 Å². The van der Waals surface area contributed by atoms with Gasteiger partial charge in [-0.05, 0) is 23.8 Å². The molecule has 1 heterocycles. The number of amides is 1. The maximum Gasteiger partial charge on any atom is 0.417 e. The number of halogens is 2. The molecule has 25 heavy (non-hydrogen) atoms. The van der Waals surface area contributed by atoms with Crippen molar-refractivity contribution in [1.29, 1.82) is 0 Å². The summed E-state index contributed by atoms with van der Waals surface area (Å²) in [6.45, 7) is -0.706. The largest absolute Gasteiger partial charge is 0.417 e. The van der Waals surface area contributed by atoms with Gasteiger partial charge in [0.1, 0.15) is 6.67 Å². The summed E-state index contributed by atoms with van der Waals surface area (Å²) in [5, 5.41) is 3.31. The van der Waals surface area contributed by atoms with Gasteiger partial charge < -0.3 is 9.30 Å². The number of carbonyl (C=O) groups is 1. The van der Waals surface area contributed by atoms with Crippen molar-refractivity contribution in [2.45, 2.75) is 6.67 Å². The fraction of sp³-hybridized carbons (Fsp3) is 0.105. The van der Waals surface area contributed by atoms with E-state index in [9.17, 15) is 9.18 Å². The van der Waals surface area contributed by atoms with E-state index in [1.807, 2.05) is 30.3 Å². The second-order valence-corrected chi connectivity index (χ2v) is 5.95. The Balaban J connectivity index is 1.82. The number of hydrogen-bond acceptors (Lipinski definition) is 2. The van der Waals surface area contributed by atoms with Crippen LogP contribution in [0.15, 0.2) is 60.9 Å². The Bertz CT molecular complexity index is 908. The van der Waals surface area contributed by atoms with Crippen LogP contribution in [-0.2, 0) is 13.7 Å². The van der Waals surface area contributed by atoms with Crippen molar-refractivity contribution in [3.8, 4) is 16.9 Å². The summed E-state index contributed by atoms with van der Waals surface area (Å²) in [7, 11) is 1.73. The fourth-order valence-corrected chi connectivity index (χ4v) is 2.73. The lowest BCUT2D eigenvalue weighted by Crippen LogP contribution is -2.17. The highest BCUT2D eigenvalue weighted by Gasteiger charge is 2.14. The van der Waals surface area contributed by atoms with E-state index in [-0.39, 0.29) is 5.75 Å². The third kappa shape index (κ3) is 4.00. The molecule has 0 fully saturated rings. The second-order valence-electron chi connectivity index (χ2n) is 5.52. The lowest BCUT2D eigenvalue weighted by molar-refractivity contribution is 0.214. The van der Waals surface area contributed by atoms with Gasteiger partial charge in [0.25, 0.3) is 0 Å². The Hall–Kier alpha value is -2.79. The number of hydrogen-bond donors (Lipinski definition) is 1. The molecular formula is C19H16ClFN2O2. The molecule has 3 aromatic rings. The van der Waals surface area contributed by atoms with Crippen LogP contribution in [0.25, 0.3) is 11.1 Å².